The Hall–Kier alpha value is -4.33. The van der Waals surface area contributed by atoms with Gasteiger partial charge in [-0.25, -0.2) is 14.4 Å². The number of fused-ring (bicyclic) bond motifs is 1. The summed E-state index contributed by atoms with van der Waals surface area (Å²) < 4.78 is 15.1. The highest BCUT2D eigenvalue weighted by Crippen LogP contribution is 2.23. The molecule has 0 radical (unpaired) electrons. The first-order valence-corrected chi connectivity index (χ1v) is 9.65. The minimum absolute atomic E-state index is 0.0383. The van der Waals surface area contributed by atoms with Crippen LogP contribution in [0.3, 0.4) is 0 Å². The number of primary amides is 2. The van der Waals surface area contributed by atoms with E-state index in [0.717, 1.165) is 4.90 Å². The molecule has 1 aromatic carbocycles. The van der Waals surface area contributed by atoms with Crippen LogP contribution in [0.25, 0.3) is 10.9 Å². The molecule has 1 aliphatic heterocycles. The molecule has 1 fully saturated rings. The van der Waals surface area contributed by atoms with Gasteiger partial charge < -0.3 is 16.4 Å². The summed E-state index contributed by atoms with van der Waals surface area (Å²) in [5, 5.41) is 4.57. The molecule has 3 aromatic rings. The quantitative estimate of drug-likeness (QED) is 0.540. The third-order valence-electron chi connectivity index (χ3n) is 5.05. The number of benzene rings is 1. The lowest BCUT2D eigenvalue weighted by molar-refractivity contribution is -0.137. The number of aromatic nitrogens is 4. The summed E-state index contributed by atoms with van der Waals surface area (Å²) in [5.41, 5.74) is 11.7. The van der Waals surface area contributed by atoms with E-state index >= 15 is 0 Å². The van der Waals surface area contributed by atoms with E-state index in [0.29, 0.717) is 22.3 Å². The van der Waals surface area contributed by atoms with E-state index in [4.69, 9.17) is 11.5 Å². The van der Waals surface area contributed by atoms with E-state index in [-0.39, 0.29) is 25.2 Å². The Bertz CT molecular complexity index is 1280. The summed E-state index contributed by atoms with van der Waals surface area (Å²) in [7, 11) is 0. The molecule has 3 amide bonds. The van der Waals surface area contributed by atoms with Gasteiger partial charge in [0.1, 0.15) is 18.8 Å². The molecular weight excluding hydrogens is 417 g/mol. The van der Waals surface area contributed by atoms with Gasteiger partial charge in [-0.05, 0) is 30.2 Å². The van der Waals surface area contributed by atoms with E-state index in [9.17, 15) is 18.8 Å². The van der Waals surface area contributed by atoms with Crippen molar-refractivity contribution < 1.29 is 18.8 Å². The van der Waals surface area contributed by atoms with Crippen molar-refractivity contribution in [1.82, 2.24) is 24.6 Å². The second-order valence-electron chi connectivity index (χ2n) is 7.22. The van der Waals surface area contributed by atoms with Gasteiger partial charge in [0, 0.05) is 29.8 Å². The summed E-state index contributed by atoms with van der Waals surface area (Å²) in [6.45, 7) is -0.543. The van der Waals surface area contributed by atoms with Crippen molar-refractivity contribution >= 4 is 28.6 Å². The summed E-state index contributed by atoms with van der Waals surface area (Å²) in [4.78, 5) is 45.4. The molecular formula is C21H18FN7O3. The third kappa shape index (κ3) is 4.11. The van der Waals surface area contributed by atoms with Crippen LogP contribution in [0.15, 0.2) is 36.7 Å². The summed E-state index contributed by atoms with van der Waals surface area (Å²) in [6.07, 6.45) is 1.67. The van der Waals surface area contributed by atoms with E-state index < -0.39 is 29.9 Å². The molecule has 32 heavy (non-hydrogen) atoms. The van der Waals surface area contributed by atoms with E-state index in [1.807, 2.05) is 0 Å². The van der Waals surface area contributed by atoms with Gasteiger partial charge in [0.05, 0.1) is 12.1 Å². The van der Waals surface area contributed by atoms with Gasteiger partial charge in [-0.3, -0.25) is 19.1 Å². The first-order valence-electron chi connectivity index (χ1n) is 9.65. The highest BCUT2D eigenvalue weighted by atomic mass is 19.1. The molecule has 2 atom stereocenters. The Kier molecular flexibility index (Phi) is 5.51. The number of nitrogens with two attached hydrogens (primary N) is 2. The second kappa shape index (κ2) is 8.43. The maximum Gasteiger partial charge on any atom is 0.269 e. The number of halogens is 1. The molecule has 0 spiro atoms. The molecule has 4 rings (SSSR count). The van der Waals surface area contributed by atoms with Crippen molar-refractivity contribution in [2.24, 2.45) is 11.5 Å². The molecule has 162 valence electrons. The van der Waals surface area contributed by atoms with Gasteiger partial charge in [0.25, 0.3) is 5.91 Å². The van der Waals surface area contributed by atoms with Gasteiger partial charge in [-0.15, -0.1) is 0 Å². The van der Waals surface area contributed by atoms with Crippen LogP contribution in [0.4, 0.5) is 4.39 Å². The zero-order chi connectivity index (χ0) is 22.8. The van der Waals surface area contributed by atoms with Gasteiger partial charge >= 0.3 is 0 Å². The summed E-state index contributed by atoms with van der Waals surface area (Å²) >= 11 is 0. The molecule has 1 aliphatic rings. The zero-order valence-corrected chi connectivity index (χ0v) is 16.7. The highest BCUT2D eigenvalue weighted by molar-refractivity contribution is 6.04. The fourth-order valence-electron chi connectivity index (χ4n) is 3.60. The highest BCUT2D eigenvalue weighted by Gasteiger charge is 2.38. The Balaban J connectivity index is 1.66. The molecule has 0 aliphatic carbocycles. The normalized spacial score (nSPS) is 17.7. The van der Waals surface area contributed by atoms with Crippen LogP contribution in [0.5, 0.6) is 0 Å². The Morgan fingerprint density at radius 2 is 1.91 bits per heavy atom. The minimum Gasteiger partial charge on any atom is -0.368 e. The standard InChI is InChI=1S/C21H18FN7O3/c22-13-9-16(20(23)31)28(10-13)18(30)11-29-15-4-2-12(3-5-17-25-6-1-7-26-17)8-14(15)19(27-29)21(24)32/h1-2,4,6-8,13,16H,9-11H2,(H2,23,31)(H2,24,32)/t13-,16+/m1/s1. The molecule has 1 saturated heterocycles. The molecule has 0 bridgehead atoms. The Morgan fingerprint density at radius 1 is 1.16 bits per heavy atom. The SMILES string of the molecule is NC(=O)c1nn(CC(=O)N2C[C@H](F)C[C@H]2C(N)=O)c2ccc(C#Cc3ncccn3)cc12. The molecule has 3 heterocycles. The molecule has 4 N–H and O–H groups in total. The van der Waals surface area contributed by atoms with E-state index in [1.54, 1.807) is 36.7 Å². The van der Waals surface area contributed by atoms with E-state index in [2.05, 4.69) is 26.9 Å². The number of hydrogen-bond acceptors (Lipinski definition) is 6. The van der Waals surface area contributed by atoms with Crippen molar-refractivity contribution in [3.05, 3.63) is 53.7 Å². The topological polar surface area (TPSA) is 150 Å². The van der Waals surface area contributed by atoms with Crippen molar-refractivity contribution in [3.8, 4) is 11.8 Å². The largest absolute Gasteiger partial charge is 0.368 e. The molecule has 11 heteroatoms. The van der Waals surface area contributed by atoms with Gasteiger partial charge in [-0.1, -0.05) is 5.92 Å². The number of alkyl halides is 1. The number of rotatable bonds is 4. The number of carbonyl (C=O) groups is 3. The molecule has 0 saturated carbocycles. The molecule has 0 unspecified atom stereocenters. The molecule has 10 nitrogen and oxygen atoms in total. The Morgan fingerprint density at radius 3 is 2.59 bits per heavy atom. The average Bonchev–Trinajstić information content (AvgIpc) is 3.34. The van der Waals surface area contributed by atoms with Gasteiger partial charge in [0.2, 0.25) is 17.6 Å². The van der Waals surface area contributed by atoms with Crippen LogP contribution >= 0.6 is 0 Å². The number of hydrogen-bond donors (Lipinski definition) is 2. The van der Waals surface area contributed by atoms with Crippen LogP contribution in [-0.4, -0.2) is 61.1 Å². The lowest BCUT2D eigenvalue weighted by Crippen LogP contribution is -2.45. The zero-order valence-electron chi connectivity index (χ0n) is 16.7. The summed E-state index contributed by atoms with van der Waals surface area (Å²) in [6, 6.07) is 5.61. The number of likely N-dealkylation sites (tertiary alicyclic amines) is 1. The first kappa shape index (κ1) is 20.9. The maximum atomic E-state index is 13.8. The van der Waals surface area contributed by atoms with Gasteiger partial charge in [-0.2, -0.15) is 5.10 Å². The summed E-state index contributed by atoms with van der Waals surface area (Å²) in [5.74, 6) is 3.96. The second-order valence-corrected chi connectivity index (χ2v) is 7.22. The maximum absolute atomic E-state index is 13.8. The van der Waals surface area contributed by atoms with Gasteiger partial charge in [0.15, 0.2) is 5.69 Å². The fraction of sp³-hybridized carbons (Fsp3) is 0.238. The van der Waals surface area contributed by atoms with Crippen LogP contribution in [0, 0.1) is 11.8 Å². The predicted octanol–water partition coefficient (Wildman–Crippen LogP) is -0.251. The number of nitrogens with zero attached hydrogens (tertiary/aromatic N) is 5. The van der Waals surface area contributed by atoms with Crippen molar-refractivity contribution in [2.45, 2.75) is 25.2 Å². The lowest BCUT2D eigenvalue weighted by Gasteiger charge is -2.21. The van der Waals surface area contributed by atoms with Crippen LogP contribution in [0.2, 0.25) is 0 Å². The van der Waals surface area contributed by atoms with E-state index in [1.165, 1.54) is 4.68 Å². The monoisotopic (exact) mass is 435 g/mol. The first-order chi connectivity index (χ1) is 15.3. The van der Waals surface area contributed by atoms with Crippen molar-refractivity contribution in [1.29, 1.82) is 0 Å². The fourth-order valence-corrected chi connectivity index (χ4v) is 3.60. The predicted molar refractivity (Wildman–Crippen MR) is 110 cm³/mol. The smallest absolute Gasteiger partial charge is 0.269 e. The van der Waals surface area contributed by atoms with Crippen LogP contribution in [-0.2, 0) is 16.1 Å². The minimum atomic E-state index is -1.33. The number of amides is 3. The van der Waals surface area contributed by atoms with Crippen molar-refractivity contribution in [2.75, 3.05) is 6.54 Å². The van der Waals surface area contributed by atoms with Crippen LogP contribution < -0.4 is 11.5 Å². The third-order valence-corrected chi connectivity index (χ3v) is 5.05. The average molecular weight is 435 g/mol. The Labute approximate surface area is 181 Å². The number of carbonyl (C=O) groups excluding carboxylic acids is 3. The van der Waals surface area contributed by atoms with Crippen molar-refractivity contribution in [3.63, 3.8) is 0 Å². The van der Waals surface area contributed by atoms with Crippen LogP contribution in [0.1, 0.15) is 28.3 Å². The molecule has 2 aromatic heterocycles. The lowest BCUT2D eigenvalue weighted by atomic mass is 10.1.